The predicted octanol–water partition coefficient (Wildman–Crippen LogP) is 1.31. The minimum atomic E-state index is -0.104. The van der Waals surface area contributed by atoms with E-state index in [-0.39, 0.29) is 18.7 Å². The van der Waals surface area contributed by atoms with Crippen molar-refractivity contribution in [1.82, 2.24) is 24.6 Å². The van der Waals surface area contributed by atoms with Crippen molar-refractivity contribution in [3.63, 3.8) is 0 Å². The van der Waals surface area contributed by atoms with E-state index in [1.54, 1.807) is 0 Å². The third-order valence-electron chi connectivity index (χ3n) is 6.40. The molecule has 3 heterocycles. The Morgan fingerprint density at radius 1 is 1.10 bits per heavy atom. The van der Waals surface area contributed by atoms with Gasteiger partial charge in [-0.15, -0.1) is 0 Å². The Labute approximate surface area is 175 Å². The molecule has 1 aliphatic carbocycles. The van der Waals surface area contributed by atoms with Crippen LogP contribution >= 0.6 is 0 Å². The molecule has 2 aliphatic rings. The second-order valence-corrected chi connectivity index (χ2v) is 8.27. The minimum Gasteiger partial charge on any atom is -0.395 e. The second kappa shape index (κ2) is 8.20. The normalized spacial score (nSPS) is 17.4. The van der Waals surface area contributed by atoms with Crippen LogP contribution < -0.4 is 10.5 Å². The monoisotopic (exact) mass is 408 g/mol. The van der Waals surface area contributed by atoms with E-state index in [0.29, 0.717) is 10.9 Å². The summed E-state index contributed by atoms with van der Waals surface area (Å²) in [5.74, 6) is 0. The van der Waals surface area contributed by atoms with Gasteiger partial charge in [-0.25, -0.2) is 4.98 Å². The lowest BCUT2D eigenvalue weighted by Gasteiger charge is -2.36. The van der Waals surface area contributed by atoms with Crippen molar-refractivity contribution < 1.29 is 5.11 Å². The number of aliphatic hydroxyl groups excluding tert-OH is 1. The van der Waals surface area contributed by atoms with Gasteiger partial charge in [0.1, 0.15) is 0 Å². The van der Waals surface area contributed by atoms with Gasteiger partial charge in [-0.05, 0) is 49.4 Å². The number of rotatable bonds is 5. The first-order valence-corrected chi connectivity index (χ1v) is 10.9. The molecule has 30 heavy (non-hydrogen) atoms. The zero-order valence-electron chi connectivity index (χ0n) is 17.2. The summed E-state index contributed by atoms with van der Waals surface area (Å²) >= 11 is 0. The molecule has 0 atom stereocenters. The van der Waals surface area contributed by atoms with Crippen molar-refractivity contribution in [2.45, 2.75) is 38.8 Å². The summed E-state index contributed by atoms with van der Waals surface area (Å²) in [6.45, 7) is 4.99. The quantitative estimate of drug-likeness (QED) is 0.662. The molecule has 0 bridgehead atoms. The number of aromatic amines is 1. The van der Waals surface area contributed by atoms with Gasteiger partial charge in [0.2, 0.25) is 0 Å². The molecule has 8 heteroatoms. The maximum atomic E-state index is 12.5. The Balaban J connectivity index is 1.26. The van der Waals surface area contributed by atoms with Crippen LogP contribution in [-0.4, -0.2) is 62.5 Å². The number of piperazine rings is 1. The van der Waals surface area contributed by atoms with Gasteiger partial charge in [-0.1, -0.05) is 0 Å². The molecule has 158 valence electrons. The summed E-state index contributed by atoms with van der Waals surface area (Å²) in [6.07, 6.45) is 6.35. The Bertz CT molecular complexity index is 1100. The van der Waals surface area contributed by atoms with Gasteiger partial charge in [0.15, 0.2) is 0 Å². The number of hydrogen-bond acceptors (Lipinski definition) is 6. The fraction of sp³-hybridized carbons (Fsp3) is 0.500. The third-order valence-corrected chi connectivity index (χ3v) is 6.40. The molecule has 2 N–H and O–H groups in total. The van der Waals surface area contributed by atoms with Crippen LogP contribution in [0.3, 0.4) is 0 Å². The highest BCUT2D eigenvalue weighted by atomic mass is 16.3. The third kappa shape index (κ3) is 3.61. The van der Waals surface area contributed by atoms with Crippen LogP contribution in [0.1, 0.15) is 29.8 Å². The Kier molecular flexibility index (Phi) is 5.26. The number of aryl methyl sites for hydroxylation is 1. The van der Waals surface area contributed by atoms with E-state index in [1.807, 2.05) is 18.2 Å². The van der Waals surface area contributed by atoms with Crippen LogP contribution in [0.15, 0.2) is 29.3 Å². The molecule has 0 amide bonds. The second-order valence-electron chi connectivity index (χ2n) is 8.27. The highest BCUT2D eigenvalue weighted by molar-refractivity contribution is 5.81. The number of aromatic nitrogens is 4. The number of aliphatic hydroxyl groups is 1. The van der Waals surface area contributed by atoms with E-state index in [2.05, 4.69) is 25.0 Å². The maximum absolute atomic E-state index is 12.5. The Morgan fingerprint density at radius 3 is 2.77 bits per heavy atom. The topological polar surface area (TPSA) is 90.3 Å². The summed E-state index contributed by atoms with van der Waals surface area (Å²) in [7, 11) is 0. The molecule has 1 aliphatic heterocycles. The molecule has 1 saturated heterocycles. The zero-order valence-corrected chi connectivity index (χ0v) is 17.2. The molecule has 1 aromatic carbocycles. The molecule has 0 saturated carbocycles. The molecule has 8 nitrogen and oxygen atoms in total. The number of benzene rings is 1. The average Bonchev–Trinajstić information content (AvgIpc) is 3.19. The Hall–Kier alpha value is -2.71. The molecule has 0 radical (unpaired) electrons. The van der Waals surface area contributed by atoms with Crippen LogP contribution in [0.25, 0.3) is 10.9 Å². The number of hydrogen-bond donors (Lipinski definition) is 2. The van der Waals surface area contributed by atoms with Crippen LogP contribution in [0, 0.1) is 0 Å². The van der Waals surface area contributed by atoms with Gasteiger partial charge >= 0.3 is 0 Å². The van der Waals surface area contributed by atoms with Gasteiger partial charge in [-0.3, -0.25) is 19.4 Å². The van der Waals surface area contributed by atoms with Crippen molar-refractivity contribution in [2.24, 2.45) is 0 Å². The highest BCUT2D eigenvalue weighted by Crippen LogP contribution is 2.24. The van der Waals surface area contributed by atoms with Gasteiger partial charge in [0.05, 0.1) is 36.1 Å². The fourth-order valence-corrected chi connectivity index (χ4v) is 4.67. The summed E-state index contributed by atoms with van der Waals surface area (Å²) < 4.78 is 1.45. The largest absolute Gasteiger partial charge is 0.395 e. The van der Waals surface area contributed by atoms with Crippen molar-refractivity contribution in [3.8, 4) is 0 Å². The van der Waals surface area contributed by atoms with Crippen LogP contribution in [0.2, 0.25) is 0 Å². The standard InChI is InChI=1S/C22H28N6O2/c29-12-11-28-15-23-20-13-16(5-6-18(20)22(28)30)27-9-7-26(8-10-27)14-21-17-3-1-2-4-19(17)24-25-21/h5-6,13,15,29H,1-4,7-12,14H2,(H,24,25). The van der Waals surface area contributed by atoms with Gasteiger partial charge in [0, 0.05) is 44.1 Å². The van der Waals surface area contributed by atoms with Gasteiger partial charge in [0.25, 0.3) is 5.56 Å². The summed E-state index contributed by atoms with van der Waals surface area (Å²) in [5, 5.41) is 17.5. The number of fused-ring (bicyclic) bond motifs is 2. The first-order chi connectivity index (χ1) is 14.7. The molecule has 5 rings (SSSR count). The van der Waals surface area contributed by atoms with E-state index >= 15 is 0 Å². The fourth-order valence-electron chi connectivity index (χ4n) is 4.67. The van der Waals surface area contributed by atoms with Gasteiger partial charge < -0.3 is 10.0 Å². The number of anilines is 1. The van der Waals surface area contributed by atoms with Crippen molar-refractivity contribution in [1.29, 1.82) is 0 Å². The zero-order chi connectivity index (χ0) is 20.5. The average molecular weight is 409 g/mol. The highest BCUT2D eigenvalue weighted by Gasteiger charge is 2.22. The van der Waals surface area contributed by atoms with Crippen molar-refractivity contribution in [3.05, 3.63) is 51.8 Å². The molecule has 1 fully saturated rings. The molecule has 0 spiro atoms. The summed E-state index contributed by atoms with van der Waals surface area (Å²) in [6, 6.07) is 5.87. The lowest BCUT2D eigenvalue weighted by Crippen LogP contribution is -2.46. The number of H-pyrrole nitrogens is 1. The molecular weight excluding hydrogens is 380 g/mol. The van der Waals surface area contributed by atoms with E-state index in [0.717, 1.165) is 51.3 Å². The van der Waals surface area contributed by atoms with E-state index in [4.69, 9.17) is 5.11 Å². The maximum Gasteiger partial charge on any atom is 0.261 e. The van der Waals surface area contributed by atoms with E-state index in [1.165, 1.54) is 40.7 Å². The van der Waals surface area contributed by atoms with Crippen LogP contribution in [0.5, 0.6) is 0 Å². The molecule has 2 aromatic heterocycles. The molecule has 0 unspecified atom stereocenters. The summed E-state index contributed by atoms with van der Waals surface area (Å²) in [4.78, 5) is 21.7. The lowest BCUT2D eigenvalue weighted by molar-refractivity contribution is 0.246. The minimum absolute atomic E-state index is 0.0729. The van der Waals surface area contributed by atoms with E-state index in [9.17, 15) is 4.79 Å². The molecule has 3 aromatic rings. The van der Waals surface area contributed by atoms with Gasteiger partial charge in [-0.2, -0.15) is 5.10 Å². The summed E-state index contributed by atoms with van der Waals surface area (Å²) in [5.41, 5.74) is 5.73. The Morgan fingerprint density at radius 2 is 1.93 bits per heavy atom. The first kappa shape index (κ1) is 19.3. The van der Waals surface area contributed by atoms with Crippen LogP contribution in [0.4, 0.5) is 5.69 Å². The number of nitrogens with one attached hydrogen (secondary N) is 1. The van der Waals surface area contributed by atoms with Crippen molar-refractivity contribution >= 4 is 16.6 Å². The smallest absolute Gasteiger partial charge is 0.261 e. The first-order valence-electron chi connectivity index (χ1n) is 10.9. The predicted molar refractivity (Wildman–Crippen MR) is 116 cm³/mol. The van der Waals surface area contributed by atoms with Crippen molar-refractivity contribution in [2.75, 3.05) is 37.7 Å². The van der Waals surface area contributed by atoms with Crippen LogP contribution in [-0.2, 0) is 25.9 Å². The SMILES string of the molecule is O=c1c2ccc(N3CCN(Cc4n[nH]c5c4CCCC5)CC3)cc2ncn1CCO. The lowest BCUT2D eigenvalue weighted by atomic mass is 9.96. The molecular formula is C22H28N6O2. The number of nitrogens with zero attached hydrogens (tertiary/aromatic N) is 5. The van der Waals surface area contributed by atoms with E-state index < -0.39 is 0 Å².